The van der Waals surface area contributed by atoms with Gasteiger partial charge >= 0.3 is 0 Å². The number of nitrogens with one attached hydrogen (secondary N) is 1. The van der Waals surface area contributed by atoms with Crippen molar-refractivity contribution in [1.29, 1.82) is 0 Å². The molecule has 0 bridgehead atoms. The van der Waals surface area contributed by atoms with Gasteiger partial charge in [-0.2, -0.15) is 0 Å². The van der Waals surface area contributed by atoms with E-state index in [0.717, 1.165) is 0 Å². The highest BCUT2D eigenvalue weighted by atomic mass is 79.9. The number of hydrogen-bond donors (Lipinski definition) is 2. The molecule has 0 unspecified atom stereocenters. The smallest absolute Gasteiger partial charge is 0.153 e. The van der Waals surface area contributed by atoms with Crippen molar-refractivity contribution in [2.75, 3.05) is 7.05 Å². The highest BCUT2D eigenvalue weighted by Crippen LogP contribution is 2.02. The Morgan fingerprint density at radius 2 is 2.33 bits per heavy atom. The molecule has 0 aromatic rings. The Kier molecular flexibility index (Phi) is 4.13. The maximum atomic E-state index is 5.41. The standard InChI is InChI=1S/C5H10BrN3/c1-3-9-5(7)4(6)8-2/h3,8H,7H2,1-2H3/b5-4-,9-3?. The molecule has 3 N–H and O–H groups in total. The Morgan fingerprint density at radius 1 is 1.78 bits per heavy atom. The summed E-state index contributed by atoms with van der Waals surface area (Å²) in [5.74, 6) is 0.458. The second kappa shape index (κ2) is 4.38. The summed E-state index contributed by atoms with van der Waals surface area (Å²) in [7, 11) is 1.77. The van der Waals surface area contributed by atoms with Crippen LogP contribution in [0.2, 0.25) is 0 Å². The molecular formula is C5H10BrN3. The van der Waals surface area contributed by atoms with Gasteiger partial charge in [0.1, 0.15) is 4.61 Å². The monoisotopic (exact) mass is 191 g/mol. The van der Waals surface area contributed by atoms with Crippen LogP contribution in [-0.2, 0) is 0 Å². The second-order valence-electron chi connectivity index (χ2n) is 1.34. The van der Waals surface area contributed by atoms with Gasteiger partial charge in [-0.1, -0.05) is 0 Å². The molecule has 0 amide bonds. The Labute approximate surface area is 63.2 Å². The fourth-order valence-corrected chi connectivity index (χ4v) is 0.426. The van der Waals surface area contributed by atoms with Crippen LogP contribution in [0.3, 0.4) is 0 Å². The van der Waals surface area contributed by atoms with Crippen LogP contribution < -0.4 is 11.1 Å². The summed E-state index contributed by atoms with van der Waals surface area (Å²) in [6, 6.07) is 0. The largest absolute Gasteiger partial charge is 0.382 e. The highest BCUT2D eigenvalue weighted by molar-refractivity contribution is 9.11. The van der Waals surface area contributed by atoms with E-state index < -0.39 is 0 Å². The molecule has 3 nitrogen and oxygen atoms in total. The topological polar surface area (TPSA) is 50.4 Å². The molecule has 0 aliphatic carbocycles. The SMILES string of the molecule is CC=N/C(N)=C(/Br)NC. The molecule has 0 aliphatic heterocycles. The van der Waals surface area contributed by atoms with Crippen LogP contribution in [-0.4, -0.2) is 13.3 Å². The number of hydrogen-bond acceptors (Lipinski definition) is 3. The number of rotatable bonds is 2. The zero-order chi connectivity index (χ0) is 7.28. The van der Waals surface area contributed by atoms with Gasteiger partial charge < -0.3 is 11.1 Å². The molecular weight excluding hydrogens is 182 g/mol. The van der Waals surface area contributed by atoms with E-state index in [4.69, 9.17) is 5.73 Å². The molecule has 52 valence electrons. The van der Waals surface area contributed by atoms with Gasteiger partial charge in [-0.25, -0.2) is 4.99 Å². The average molecular weight is 192 g/mol. The van der Waals surface area contributed by atoms with Crippen LogP contribution in [0.5, 0.6) is 0 Å². The van der Waals surface area contributed by atoms with E-state index in [-0.39, 0.29) is 0 Å². The molecule has 0 radical (unpaired) electrons. The minimum atomic E-state index is 0.458. The highest BCUT2D eigenvalue weighted by Gasteiger charge is 1.90. The van der Waals surface area contributed by atoms with Gasteiger partial charge in [-0.15, -0.1) is 0 Å². The Morgan fingerprint density at radius 3 is 2.67 bits per heavy atom. The van der Waals surface area contributed by atoms with Gasteiger partial charge in [0.25, 0.3) is 0 Å². The van der Waals surface area contributed by atoms with E-state index in [1.54, 1.807) is 13.3 Å². The average Bonchev–Trinajstić information content (AvgIpc) is 1.87. The quantitative estimate of drug-likeness (QED) is 0.501. The fraction of sp³-hybridized carbons (Fsp3) is 0.400. The summed E-state index contributed by atoms with van der Waals surface area (Å²) in [4.78, 5) is 3.82. The lowest BCUT2D eigenvalue weighted by Crippen LogP contribution is -2.07. The van der Waals surface area contributed by atoms with Gasteiger partial charge in [0.2, 0.25) is 0 Å². The van der Waals surface area contributed by atoms with Gasteiger partial charge in [0, 0.05) is 13.3 Å². The van der Waals surface area contributed by atoms with E-state index in [2.05, 4.69) is 26.2 Å². The lowest BCUT2D eigenvalue weighted by molar-refractivity contribution is 1.03. The van der Waals surface area contributed by atoms with Crippen LogP contribution in [0.1, 0.15) is 6.92 Å². The molecule has 0 fully saturated rings. The van der Waals surface area contributed by atoms with E-state index in [1.807, 2.05) is 6.92 Å². The Balaban J connectivity index is 4.10. The lowest BCUT2D eigenvalue weighted by Gasteiger charge is -1.97. The fourth-order valence-electron chi connectivity index (χ4n) is 0.324. The van der Waals surface area contributed by atoms with Crippen LogP contribution in [0.4, 0.5) is 0 Å². The molecule has 0 atom stereocenters. The first-order chi connectivity index (χ1) is 4.22. The molecule has 0 saturated carbocycles. The van der Waals surface area contributed by atoms with Crippen molar-refractivity contribution in [3.8, 4) is 0 Å². The summed E-state index contributed by atoms with van der Waals surface area (Å²) >= 11 is 3.17. The van der Waals surface area contributed by atoms with Crippen LogP contribution in [0.15, 0.2) is 15.4 Å². The normalized spacial score (nSPS) is 13.7. The third-order valence-electron chi connectivity index (χ3n) is 0.713. The summed E-state index contributed by atoms with van der Waals surface area (Å²) in [5.41, 5.74) is 5.41. The number of nitrogens with zero attached hydrogens (tertiary/aromatic N) is 1. The maximum Gasteiger partial charge on any atom is 0.153 e. The molecule has 0 spiro atoms. The summed E-state index contributed by atoms with van der Waals surface area (Å²) in [5, 5.41) is 2.81. The summed E-state index contributed by atoms with van der Waals surface area (Å²) in [6.07, 6.45) is 1.63. The van der Waals surface area contributed by atoms with Crippen LogP contribution in [0.25, 0.3) is 0 Å². The van der Waals surface area contributed by atoms with Gasteiger partial charge in [-0.05, 0) is 22.9 Å². The number of aliphatic imine (C=N–C) groups is 1. The molecule has 0 saturated heterocycles. The molecule has 0 rings (SSSR count). The molecule has 0 heterocycles. The van der Waals surface area contributed by atoms with Crippen molar-refractivity contribution in [2.24, 2.45) is 10.7 Å². The lowest BCUT2D eigenvalue weighted by atomic mass is 10.7. The Hall–Kier alpha value is -0.510. The first-order valence-electron chi connectivity index (χ1n) is 2.54. The summed E-state index contributed by atoms with van der Waals surface area (Å²) in [6.45, 7) is 1.81. The first-order valence-corrected chi connectivity index (χ1v) is 3.33. The molecule has 4 heteroatoms. The third kappa shape index (κ3) is 3.13. The van der Waals surface area contributed by atoms with Crippen LogP contribution in [0, 0.1) is 0 Å². The predicted molar refractivity (Wildman–Crippen MR) is 43.4 cm³/mol. The van der Waals surface area contributed by atoms with E-state index >= 15 is 0 Å². The Bertz CT molecular complexity index is 139. The minimum absolute atomic E-state index is 0.458. The van der Waals surface area contributed by atoms with Gasteiger partial charge in [0.05, 0.1) is 0 Å². The predicted octanol–water partition coefficient (Wildman–Crippen LogP) is 0.777. The van der Waals surface area contributed by atoms with E-state index in [1.165, 1.54) is 0 Å². The molecule has 0 aromatic heterocycles. The number of halogens is 1. The third-order valence-corrected chi connectivity index (χ3v) is 1.52. The van der Waals surface area contributed by atoms with Crippen molar-refractivity contribution in [3.05, 3.63) is 10.4 Å². The minimum Gasteiger partial charge on any atom is -0.382 e. The zero-order valence-corrected chi connectivity index (χ0v) is 7.07. The van der Waals surface area contributed by atoms with Crippen molar-refractivity contribution < 1.29 is 0 Å². The van der Waals surface area contributed by atoms with Crippen LogP contribution >= 0.6 is 15.9 Å². The molecule has 9 heavy (non-hydrogen) atoms. The van der Waals surface area contributed by atoms with Crippen molar-refractivity contribution in [2.45, 2.75) is 6.92 Å². The first kappa shape index (κ1) is 8.49. The van der Waals surface area contributed by atoms with Crippen molar-refractivity contribution in [3.63, 3.8) is 0 Å². The number of nitrogens with two attached hydrogens (primary N) is 1. The zero-order valence-electron chi connectivity index (χ0n) is 5.48. The second-order valence-corrected chi connectivity index (χ2v) is 2.13. The van der Waals surface area contributed by atoms with Gasteiger partial charge in [0.15, 0.2) is 5.82 Å². The van der Waals surface area contributed by atoms with Gasteiger partial charge in [-0.3, -0.25) is 0 Å². The van der Waals surface area contributed by atoms with E-state index in [0.29, 0.717) is 10.4 Å². The van der Waals surface area contributed by atoms with E-state index in [9.17, 15) is 0 Å². The summed E-state index contributed by atoms with van der Waals surface area (Å²) < 4.78 is 0.709. The molecule has 0 aromatic carbocycles. The maximum absolute atomic E-state index is 5.41. The molecule has 0 aliphatic rings. The van der Waals surface area contributed by atoms with Crippen molar-refractivity contribution in [1.82, 2.24) is 5.32 Å². The van der Waals surface area contributed by atoms with Crippen molar-refractivity contribution >= 4 is 22.1 Å².